The third-order valence-corrected chi connectivity index (χ3v) is 9.82. The van der Waals surface area contributed by atoms with Gasteiger partial charge >= 0.3 is 17.1 Å². The summed E-state index contributed by atoms with van der Waals surface area (Å²) in [6.45, 7) is 11.3. The van der Waals surface area contributed by atoms with Gasteiger partial charge in [-0.1, -0.05) is 87.9 Å². The van der Waals surface area contributed by atoms with Crippen LogP contribution >= 0.6 is 0 Å². The largest absolute Gasteiger partial charge is 1.00 e. The molecule has 2 aromatic rings. The minimum atomic E-state index is -2.38. The van der Waals surface area contributed by atoms with E-state index in [-0.39, 0.29) is 28.2 Å². The number of rotatable bonds is 7. The third kappa shape index (κ3) is 5.07. The van der Waals surface area contributed by atoms with E-state index >= 15 is 0 Å². The third-order valence-electron chi connectivity index (χ3n) is 4.66. The number of benzene rings is 2. The van der Waals surface area contributed by atoms with Gasteiger partial charge in [-0.3, -0.25) is 0 Å². The fourth-order valence-corrected chi connectivity index (χ4v) is 8.19. The molecule has 2 aromatic carbocycles. The van der Waals surface area contributed by atoms with Crippen molar-refractivity contribution in [3.8, 4) is 0 Å². The molecule has 0 aromatic heterocycles. The fraction of sp³-hybridized carbons (Fsp3) is 0.409. The molecule has 25 heavy (non-hydrogen) atoms. The van der Waals surface area contributed by atoms with Crippen molar-refractivity contribution < 1.29 is 21.5 Å². The second-order valence-electron chi connectivity index (χ2n) is 7.58. The first-order valence-corrected chi connectivity index (χ1v) is 10.9. The van der Waals surface area contributed by atoms with Crippen LogP contribution in [0.1, 0.15) is 47.5 Å². The molecular formula is C22H31CuOSi. The standard InChI is InChI=1S/C22H31OSi.Cu/c1-6-7-14-19(2)23-24(22(3,4)5,20-15-10-8-11-16-20)21-17-12-9-13-18-21;/h6,8-13,15-19H,7,14H2,1-5H3;/q-1;+1/t19-;/m1./s1. The van der Waals surface area contributed by atoms with E-state index in [4.69, 9.17) is 4.43 Å². The SMILES string of the molecule is C[CH-]CC[C@@H](C)O[Si](c1ccccc1)(c1ccccc1)C(C)(C)C.[Cu+]. The Hall–Kier alpha value is -0.864. The molecule has 0 saturated heterocycles. The first-order chi connectivity index (χ1) is 11.4. The van der Waals surface area contributed by atoms with Crippen molar-refractivity contribution in [2.45, 2.75) is 58.6 Å². The van der Waals surface area contributed by atoms with Gasteiger partial charge in [-0.05, 0) is 22.3 Å². The van der Waals surface area contributed by atoms with Gasteiger partial charge in [0.05, 0.1) is 0 Å². The molecule has 2 rings (SSSR count). The van der Waals surface area contributed by atoms with Gasteiger partial charge in [-0.25, -0.2) is 0 Å². The molecular weight excluding hydrogens is 372 g/mol. The van der Waals surface area contributed by atoms with Gasteiger partial charge in [-0.15, -0.1) is 0 Å². The Bertz CT molecular complexity index is 567. The van der Waals surface area contributed by atoms with E-state index in [1.165, 1.54) is 10.4 Å². The minimum absolute atomic E-state index is 0. The summed E-state index contributed by atoms with van der Waals surface area (Å²) in [6, 6.07) is 21.7. The number of unbranched alkanes of at least 4 members (excludes halogenated alkanes) is 1. The van der Waals surface area contributed by atoms with Crippen LogP contribution in [-0.4, -0.2) is 14.4 Å². The summed E-state index contributed by atoms with van der Waals surface area (Å²) in [6.07, 6.45) is 4.64. The molecule has 0 fully saturated rings. The topological polar surface area (TPSA) is 9.23 Å². The van der Waals surface area contributed by atoms with Crippen LogP contribution in [0, 0.1) is 6.42 Å². The van der Waals surface area contributed by atoms with E-state index < -0.39 is 8.32 Å². The van der Waals surface area contributed by atoms with E-state index in [2.05, 4.69) is 102 Å². The van der Waals surface area contributed by atoms with Gasteiger partial charge < -0.3 is 10.8 Å². The second kappa shape index (κ2) is 9.73. The molecule has 1 atom stereocenters. The quantitative estimate of drug-likeness (QED) is 0.470. The zero-order valence-corrected chi connectivity index (χ0v) is 18.0. The molecule has 0 amide bonds. The summed E-state index contributed by atoms with van der Waals surface area (Å²) < 4.78 is 7.00. The van der Waals surface area contributed by atoms with Crippen molar-refractivity contribution in [3.63, 3.8) is 0 Å². The van der Waals surface area contributed by atoms with E-state index in [0.717, 1.165) is 12.8 Å². The smallest absolute Gasteiger partial charge is 0.405 e. The Balaban J connectivity index is 0.00000312. The first-order valence-electron chi connectivity index (χ1n) is 8.98. The molecule has 0 radical (unpaired) electrons. The monoisotopic (exact) mass is 402 g/mol. The maximum absolute atomic E-state index is 7.00. The minimum Gasteiger partial charge on any atom is -0.405 e. The molecule has 0 heterocycles. The van der Waals surface area contributed by atoms with Gasteiger partial charge in [0.25, 0.3) is 8.32 Å². The molecule has 140 valence electrons. The molecule has 0 bridgehead atoms. The van der Waals surface area contributed by atoms with Crippen LogP contribution in [0.25, 0.3) is 0 Å². The Morgan fingerprint density at radius 3 is 1.72 bits per heavy atom. The average molecular weight is 403 g/mol. The average Bonchev–Trinajstić information content (AvgIpc) is 2.58. The summed E-state index contributed by atoms with van der Waals surface area (Å²) in [7, 11) is -2.38. The van der Waals surface area contributed by atoms with Crippen molar-refractivity contribution >= 4 is 18.7 Å². The summed E-state index contributed by atoms with van der Waals surface area (Å²) in [4.78, 5) is 0. The van der Waals surface area contributed by atoms with Crippen LogP contribution in [0.5, 0.6) is 0 Å². The predicted octanol–water partition coefficient (Wildman–Crippen LogP) is 4.95. The fourth-order valence-electron chi connectivity index (χ4n) is 3.45. The van der Waals surface area contributed by atoms with Crippen molar-refractivity contribution in [2.24, 2.45) is 0 Å². The van der Waals surface area contributed by atoms with Crippen LogP contribution in [0.3, 0.4) is 0 Å². The molecule has 0 unspecified atom stereocenters. The summed E-state index contributed by atoms with van der Waals surface area (Å²) in [5.74, 6) is 0. The Labute approximate surface area is 165 Å². The summed E-state index contributed by atoms with van der Waals surface area (Å²) in [5.41, 5.74) is 0. The van der Waals surface area contributed by atoms with E-state index in [9.17, 15) is 0 Å². The van der Waals surface area contributed by atoms with E-state index in [1.54, 1.807) is 0 Å². The van der Waals surface area contributed by atoms with Crippen LogP contribution in [0.2, 0.25) is 5.04 Å². The molecule has 0 aliphatic heterocycles. The van der Waals surface area contributed by atoms with Gasteiger partial charge in [0.1, 0.15) is 0 Å². The van der Waals surface area contributed by atoms with Crippen LogP contribution in [0.4, 0.5) is 0 Å². The van der Waals surface area contributed by atoms with Gasteiger partial charge in [0.15, 0.2) is 0 Å². The molecule has 0 aliphatic carbocycles. The normalized spacial score (nSPS) is 13.2. The molecule has 0 N–H and O–H groups in total. The molecule has 1 nitrogen and oxygen atoms in total. The van der Waals surface area contributed by atoms with Crippen LogP contribution < -0.4 is 10.4 Å². The van der Waals surface area contributed by atoms with E-state index in [0.29, 0.717) is 0 Å². The second-order valence-corrected chi connectivity index (χ2v) is 11.8. The summed E-state index contributed by atoms with van der Waals surface area (Å²) in [5, 5.41) is 2.77. The molecule has 3 heteroatoms. The predicted molar refractivity (Wildman–Crippen MR) is 107 cm³/mol. The van der Waals surface area contributed by atoms with Crippen LogP contribution in [0.15, 0.2) is 60.7 Å². The zero-order valence-electron chi connectivity index (χ0n) is 16.1. The zero-order chi connectivity index (χ0) is 17.6. The van der Waals surface area contributed by atoms with Gasteiger partial charge in [-0.2, -0.15) is 13.3 Å². The van der Waals surface area contributed by atoms with Gasteiger partial charge in [0.2, 0.25) is 0 Å². The number of hydrogen-bond acceptors (Lipinski definition) is 1. The maximum Gasteiger partial charge on any atom is 1.00 e. The van der Waals surface area contributed by atoms with Gasteiger partial charge in [0, 0.05) is 6.10 Å². The summed E-state index contributed by atoms with van der Waals surface area (Å²) >= 11 is 0. The molecule has 0 aliphatic rings. The molecule has 0 spiro atoms. The van der Waals surface area contributed by atoms with E-state index in [1.807, 2.05) is 0 Å². The maximum atomic E-state index is 7.00. The van der Waals surface area contributed by atoms with Crippen molar-refractivity contribution in [3.05, 3.63) is 67.1 Å². The van der Waals surface area contributed by atoms with Crippen molar-refractivity contribution in [1.82, 2.24) is 0 Å². The molecule has 0 saturated carbocycles. The Kier molecular flexibility index (Phi) is 8.63. The van der Waals surface area contributed by atoms with Crippen molar-refractivity contribution in [1.29, 1.82) is 0 Å². The van der Waals surface area contributed by atoms with Crippen LogP contribution in [-0.2, 0) is 21.5 Å². The first kappa shape index (κ1) is 22.2. The Morgan fingerprint density at radius 2 is 1.36 bits per heavy atom. The Morgan fingerprint density at radius 1 is 0.920 bits per heavy atom. The van der Waals surface area contributed by atoms with Crippen molar-refractivity contribution in [2.75, 3.05) is 0 Å². The number of hydrogen-bond donors (Lipinski definition) is 0.